The lowest BCUT2D eigenvalue weighted by Gasteiger charge is -2.24. The number of nitrogens with zero attached hydrogens (tertiary/aromatic N) is 1. The molecule has 0 radical (unpaired) electrons. The van der Waals surface area contributed by atoms with E-state index in [9.17, 15) is 24.0 Å². The molecule has 0 aliphatic heterocycles. The molecule has 216 valence electrons. The van der Waals surface area contributed by atoms with Crippen molar-refractivity contribution in [1.82, 2.24) is 4.90 Å². The van der Waals surface area contributed by atoms with Crippen LogP contribution in [0.5, 0.6) is 0 Å². The van der Waals surface area contributed by atoms with Gasteiger partial charge in [0.05, 0.1) is 13.2 Å². The first-order chi connectivity index (χ1) is 18.1. The summed E-state index contributed by atoms with van der Waals surface area (Å²) in [5.41, 5.74) is 26.4. The van der Waals surface area contributed by atoms with Crippen LogP contribution in [-0.4, -0.2) is 74.8 Å². The molecule has 0 unspecified atom stereocenters. The number of anilines is 2. The molecule has 0 saturated heterocycles. The second-order valence-corrected chi connectivity index (χ2v) is 9.29. The molecule has 11 N–H and O–H groups in total. The first-order valence-corrected chi connectivity index (χ1v) is 12.9. The predicted molar refractivity (Wildman–Crippen MR) is 144 cm³/mol. The van der Waals surface area contributed by atoms with Gasteiger partial charge < -0.3 is 48.4 Å². The number of hydrogen-bond donors (Lipinski definition) is 6. The molecule has 14 heteroatoms. The van der Waals surface area contributed by atoms with E-state index in [0.29, 0.717) is 58.3 Å². The van der Waals surface area contributed by atoms with Crippen molar-refractivity contribution in [3.63, 3.8) is 0 Å². The van der Waals surface area contributed by atoms with E-state index in [1.54, 1.807) is 0 Å². The zero-order chi connectivity index (χ0) is 28.5. The molecule has 0 aromatic heterocycles. The van der Waals surface area contributed by atoms with Crippen LogP contribution in [0.4, 0.5) is 21.0 Å². The smallest absolute Gasteiger partial charge is 0.410 e. The number of nitrogens with two attached hydrogens (primary N) is 5. The fourth-order valence-electron chi connectivity index (χ4n) is 3.82. The molecule has 38 heavy (non-hydrogen) atoms. The van der Waals surface area contributed by atoms with Crippen LogP contribution in [0, 0.1) is 5.92 Å². The van der Waals surface area contributed by atoms with Crippen molar-refractivity contribution in [1.29, 1.82) is 0 Å². The Bertz CT molecular complexity index is 949. The number of ether oxygens (including phenoxy) is 2. The Hall–Kier alpha value is -3.23. The van der Waals surface area contributed by atoms with Gasteiger partial charge in [0.2, 0.25) is 0 Å². The van der Waals surface area contributed by atoms with Gasteiger partial charge in [-0.1, -0.05) is 6.42 Å². The fraction of sp³-hybridized carbons (Fsp3) is 0.708. The summed E-state index contributed by atoms with van der Waals surface area (Å²) in [6, 6.07) is -0.467. The molecule has 0 spiro atoms. The lowest BCUT2D eigenvalue weighted by atomic mass is 9.96. The second-order valence-electron chi connectivity index (χ2n) is 9.29. The number of carbonyl (C=O) groups is 3. The predicted octanol–water partition coefficient (Wildman–Crippen LogP) is -0.639. The third-order valence-electron chi connectivity index (χ3n) is 5.97. The summed E-state index contributed by atoms with van der Waals surface area (Å²) < 4.78 is 10.2. The van der Waals surface area contributed by atoms with Crippen molar-refractivity contribution in [3.8, 4) is 0 Å². The molecule has 14 nitrogen and oxygen atoms in total. The molecule has 0 aliphatic rings. The third kappa shape index (κ3) is 12.3. The molecule has 0 bridgehead atoms. The number of nitrogen functional groups attached to an aromatic ring is 1. The average Bonchev–Trinajstić information content (AvgIpc) is 2.89. The van der Waals surface area contributed by atoms with E-state index in [-0.39, 0.29) is 49.3 Å². The van der Waals surface area contributed by atoms with Crippen LogP contribution in [0.25, 0.3) is 0 Å². The topological polar surface area (TPSA) is 249 Å². The van der Waals surface area contributed by atoms with Gasteiger partial charge in [-0.2, -0.15) is 0 Å². The molecule has 0 saturated carbocycles. The third-order valence-corrected chi connectivity index (χ3v) is 5.97. The maximum absolute atomic E-state index is 12.8. The maximum atomic E-state index is 12.8. The quantitative estimate of drug-likeness (QED) is 0.0840. The van der Waals surface area contributed by atoms with Crippen LogP contribution in [-0.2, 0) is 14.3 Å². The van der Waals surface area contributed by atoms with Crippen LogP contribution >= 0.6 is 0 Å². The molecule has 0 fully saturated rings. The van der Waals surface area contributed by atoms with Crippen LogP contribution in [0.3, 0.4) is 0 Å². The molecule has 2 atom stereocenters. The number of rotatable bonds is 21. The van der Waals surface area contributed by atoms with E-state index in [2.05, 4.69) is 5.32 Å². The minimum absolute atomic E-state index is 0.0152. The molecule has 0 heterocycles. The summed E-state index contributed by atoms with van der Waals surface area (Å²) in [5.74, 6) is -0.432. The van der Waals surface area contributed by atoms with E-state index in [4.69, 9.17) is 38.1 Å². The number of carbonyl (C=O) groups excluding carboxylic acids is 3. The molecule has 1 aromatic rings. The number of amides is 2. The van der Waals surface area contributed by atoms with Gasteiger partial charge in [-0.05, 0) is 51.6 Å². The van der Waals surface area contributed by atoms with Crippen molar-refractivity contribution < 1.29 is 23.9 Å². The lowest BCUT2D eigenvalue weighted by Crippen LogP contribution is -2.40. The number of unbranched alkanes of at least 4 members (excludes halogenated alkanes) is 2. The van der Waals surface area contributed by atoms with Crippen LogP contribution in [0.15, 0.2) is 9.59 Å². The van der Waals surface area contributed by atoms with Crippen LogP contribution < -0.4 is 44.8 Å². The van der Waals surface area contributed by atoms with E-state index in [1.165, 1.54) is 4.90 Å². The minimum atomic E-state index is -0.909. The Kier molecular flexibility index (Phi) is 15.6. The van der Waals surface area contributed by atoms with Gasteiger partial charge >= 0.3 is 12.2 Å². The van der Waals surface area contributed by atoms with Crippen molar-refractivity contribution >= 4 is 29.3 Å². The summed E-state index contributed by atoms with van der Waals surface area (Å²) in [5, 5.41) is 2.81. The van der Waals surface area contributed by atoms with Gasteiger partial charge in [0.15, 0.2) is 5.78 Å². The number of primary amides is 1. The second kappa shape index (κ2) is 18.1. The maximum Gasteiger partial charge on any atom is 0.410 e. The van der Waals surface area contributed by atoms with E-state index < -0.39 is 29.1 Å². The van der Waals surface area contributed by atoms with Crippen molar-refractivity contribution in [2.75, 3.05) is 57.0 Å². The summed E-state index contributed by atoms with van der Waals surface area (Å²) in [6.07, 6.45) is 3.02. The number of ketones is 1. The fourth-order valence-corrected chi connectivity index (χ4v) is 3.82. The van der Waals surface area contributed by atoms with Crippen molar-refractivity contribution in [3.05, 3.63) is 20.4 Å². The van der Waals surface area contributed by atoms with Crippen LogP contribution in [0.2, 0.25) is 0 Å². The molecular formula is C24H43N7O7. The monoisotopic (exact) mass is 541 g/mol. The van der Waals surface area contributed by atoms with E-state index in [1.807, 2.05) is 0 Å². The Morgan fingerprint density at radius 3 is 2.21 bits per heavy atom. The molecular weight excluding hydrogens is 498 g/mol. The Morgan fingerprint density at radius 1 is 0.895 bits per heavy atom. The highest BCUT2D eigenvalue weighted by atomic mass is 16.6. The normalized spacial score (nSPS) is 12.6. The summed E-state index contributed by atoms with van der Waals surface area (Å²) >= 11 is 0. The highest BCUT2D eigenvalue weighted by Gasteiger charge is 2.22. The van der Waals surface area contributed by atoms with Gasteiger partial charge in [0, 0.05) is 31.5 Å². The SMILES string of the molecule is NCCCC[C@H](COC(N)=O)CC(=O)CN(CCCCN)C(=O)OC[C@@H](N)CCCNc1c(N)c(=O)c1=O. The Labute approximate surface area is 222 Å². The van der Waals surface area contributed by atoms with Gasteiger partial charge in [-0.15, -0.1) is 0 Å². The first kappa shape index (κ1) is 32.8. The number of nitrogens with one attached hydrogen (secondary N) is 1. The average molecular weight is 542 g/mol. The molecule has 1 aromatic carbocycles. The van der Waals surface area contributed by atoms with Crippen molar-refractivity contribution in [2.24, 2.45) is 28.9 Å². The summed E-state index contributed by atoms with van der Waals surface area (Å²) in [7, 11) is 0. The first-order valence-electron chi connectivity index (χ1n) is 12.9. The summed E-state index contributed by atoms with van der Waals surface area (Å²) in [6.45, 7) is 1.44. The summed E-state index contributed by atoms with van der Waals surface area (Å²) in [4.78, 5) is 60.3. The van der Waals surface area contributed by atoms with Gasteiger partial charge in [0.25, 0.3) is 10.9 Å². The Balaban J connectivity index is 2.54. The zero-order valence-corrected chi connectivity index (χ0v) is 22.0. The van der Waals surface area contributed by atoms with Gasteiger partial charge in [-0.3, -0.25) is 14.4 Å². The van der Waals surface area contributed by atoms with Crippen molar-refractivity contribution in [2.45, 2.75) is 57.4 Å². The Morgan fingerprint density at radius 2 is 1.58 bits per heavy atom. The highest BCUT2D eigenvalue weighted by Crippen LogP contribution is 2.15. The van der Waals surface area contributed by atoms with Gasteiger partial charge in [0.1, 0.15) is 18.0 Å². The lowest BCUT2D eigenvalue weighted by molar-refractivity contribution is -0.121. The zero-order valence-electron chi connectivity index (χ0n) is 22.0. The highest BCUT2D eigenvalue weighted by molar-refractivity contribution is 5.84. The molecule has 0 aliphatic carbocycles. The van der Waals surface area contributed by atoms with Gasteiger partial charge in [-0.25, -0.2) is 9.59 Å². The van der Waals surface area contributed by atoms with E-state index >= 15 is 0 Å². The largest absolute Gasteiger partial charge is 0.449 e. The van der Waals surface area contributed by atoms with Crippen LogP contribution in [0.1, 0.15) is 51.4 Å². The number of Topliss-reactive ketones (excluding diaryl/α,β-unsaturated/α-hetero) is 1. The number of hydrogen-bond acceptors (Lipinski definition) is 12. The standard InChI is InChI=1S/C24H43N7O7/c25-8-2-1-6-16(14-37-23(29)35)12-18(32)13-31(11-4-3-9-26)24(36)38-15-17(27)7-5-10-30-20-19(28)21(33)22(20)34/h16-17,30H,1-15,25-28H2,(H2,29,35)/t16-,17-/m0/s1. The minimum Gasteiger partial charge on any atom is -0.449 e. The van der Waals surface area contributed by atoms with E-state index in [0.717, 1.165) is 12.8 Å². The molecule has 2 amide bonds. The molecule has 1 rings (SSSR count).